The Morgan fingerprint density at radius 2 is 2.25 bits per heavy atom. The van der Waals surface area contributed by atoms with Crippen molar-refractivity contribution in [2.24, 2.45) is 0 Å². The lowest BCUT2D eigenvalue weighted by Gasteiger charge is -2.07. The highest BCUT2D eigenvalue weighted by Crippen LogP contribution is 2.19. The number of nitrogens with zero attached hydrogens (tertiary/aromatic N) is 1. The minimum atomic E-state index is -1.14. The molecule has 0 aliphatic heterocycles. The Bertz CT molecular complexity index is 578. The zero-order chi connectivity index (χ0) is 15.0. The molecular formula is C13H11FN2O4. The summed E-state index contributed by atoms with van der Waals surface area (Å²) in [6.45, 7) is -0.563. The Morgan fingerprint density at radius 3 is 2.85 bits per heavy atom. The molecular weight excluding hydrogens is 267 g/mol. The van der Waals surface area contributed by atoms with E-state index >= 15 is 0 Å². The average molecular weight is 278 g/mol. The molecule has 0 atom stereocenters. The monoisotopic (exact) mass is 278 g/mol. The number of hydrogen-bond donors (Lipinski definition) is 2. The van der Waals surface area contributed by atoms with E-state index in [1.54, 1.807) is 6.07 Å². The van der Waals surface area contributed by atoms with Gasteiger partial charge in [0.25, 0.3) is 5.91 Å². The van der Waals surface area contributed by atoms with E-state index in [1.165, 1.54) is 18.2 Å². The van der Waals surface area contributed by atoms with Gasteiger partial charge in [-0.1, -0.05) is 6.07 Å². The second-order valence-corrected chi connectivity index (χ2v) is 3.58. The third-order valence-corrected chi connectivity index (χ3v) is 2.10. The molecule has 0 heterocycles. The lowest BCUT2D eigenvalue weighted by Crippen LogP contribution is -2.29. The van der Waals surface area contributed by atoms with E-state index < -0.39 is 24.3 Å². The molecule has 20 heavy (non-hydrogen) atoms. The molecule has 1 aromatic rings. The molecule has 1 amide bonds. The molecule has 104 valence electrons. The number of aliphatic carboxylic acids is 1. The van der Waals surface area contributed by atoms with Crippen LogP contribution in [0.5, 0.6) is 5.75 Å². The highest BCUT2D eigenvalue weighted by atomic mass is 19.1. The van der Waals surface area contributed by atoms with Gasteiger partial charge in [0.1, 0.15) is 6.54 Å². The van der Waals surface area contributed by atoms with Gasteiger partial charge in [-0.25, -0.2) is 9.18 Å². The molecule has 0 saturated carbocycles. The predicted molar refractivity (Wildman–Crippen MR) is 67.2 cm³/mol. The van der Waals surface area contributed by atoms with Crippen LogP contribution in [0.1, 0.15) is 5.56 Å². The highest BCUT2D eigenvalue weighted by Gasteiger charge is 2.07. The van der Waals surface area contributed by atoms with E-state index in [-0.39, 0.29) is 12.3 Å². The van der Waals surface area contributed by atoms with Crippen LogP contribution >= 0.6 is 0 Å². The molecule has 0 radical (unpaired) electrons. The van der Waals surface area contributed by atoms with Crippen LogP contribution in [0.25, 0.3) is 6.08 Å². The third kappa shape index (κ3) is 5.18. The van der Waals surface area contributed by atoms with E-state index in [4.69, 9.17) is 15.1 Å². The maximum Gasteiger partial charge on any atom is 0.328 e. The number of nitriles is 1. The van der Waals surface area contributed by atoms with Crippen molar-refractivity contribution < 1.29 is 23.8 Å². The quantitative estimate of drug-likeness (QED) is 0.596. The SMILES string of the molecule is N#CCNC(=O)COc1ccc(/C=C/C(=O)O)cc1F. The van der Waals surface area contributed by atoms with Gasteiger partial charge in [0.2, 0.25) is 0 Å². The van der Waals surface area contributed by atoms with Crippen molar-refractivity contribution in [1.29, 1.82) is 5.26 Å². The average Bonchev–Trinajstić information content (AvgIpc) is 2.41. The Morgan fingerprint density at radius 1 is 1.50 bits per heavy atom. The first-order chi connectivity index (χ1) is 9.52. The van der Waals surface area contributed by atoms with Gasteiger partial charge in [0.15, 0.2) is 18.2 Å². The zero-order valence-electron chi connectivity index (χ0n) is 10.3. The van der Waals surface area contributed by atoms with Gasteiger partial charge in [0, 0.05) is 6.08 Å². The van der Waals surface area contributed by atoms with Crippen LogP contribution in [0, 0.1) is 17.1 Å². The van der Waals surface area contributed by atoms with Crippen molar-refractivity contribution in [3.8, 4) is 11.8 Å². The Labute approximate surface area is 114 Å². The Kier molecular flexibility index (Phi) is 5.72. The number of hydrogen-bond acceptors (Lipinski definition) is 4. The molecule has 2 N–H and O–H groups in total. The number of nitrogens with one attached hydrogen (secondary N) is 1. The standard InChI is InChI=1S/C13H11FN2O4/c14-10-7-9(2-4-13(18)19)1-3-11(10)20-8-12(17)16-6-5-15/h1-4,7H,6,8H2,(H,16,17)(H,18,19)/b4-2+. The predicted octanol–water partition coefficient (Wildman–Crippen LogP) is 0.942. The van der Waals surface area contributed by atoms with E-state index in [1.807, 2.05) is 0 Å². The van der Waals surface area contributed by atoms with Crippen molar-refractivity contribution in [2.75, 3.05) is 13.2 Å². The molecule has 7 heteroatoms. The fourth-order valence-electron chi connectivity index (χ4n) is 1.24. The fourth-order valence-corrected chi connectivity index (χ4v) is 1.24. The summed E-state index contributed by atoms with van der Waals surface area (Å²) < 4.78 is 18.5. The van der Waals surface area contributed by atoms with Crippen LogP contribution in [0.2, 0.25) is 0 Å². The first kappa shape index (κ1) is 15.2. The molecule has 0 saturated heterocycles. The Hall–Kier alpha value is -2.88. The molecule has 0 aromatic heterocycles. The van der Waals surface area contributed by atoms with Crippen LogP contribution < -0.4 is 10.1 Å². The van der Waals surface area contributed by atoms with Crippen molar-refractivity contribution in [1.82, 2.24) is 5.32 Å². The summed E-state index contributed by atoms with van der Waals surface area (Å²) in [6, 6.07) is 5.54. The second kappa shape index (κ2) is 7.53. The van der Waals surface area contributed by atoms with Crippen molar-refractivity contribution in [2.45, 2.75) is 0 Å². The van der Waals surface area contributed by atoms with Crippen LogP contribution in [0.15, 0.2) is 24.3 Å². The lowest BCUT2D eigenvalue weighted by atomic mass is 10.2. The Balaban J connectivity index is 2.62. The summed E-state index contributed by atoms with van der Waals surface area (Å²) in [5, 5.41) is 18.9. The van der Waals surface area contributed by atoms with Crippen molar-refractivity contribution in [3.63, 3.8) is 0 Å². The molecule has 0 fully saturated rings. The molecule has 1 aromatic carbocycles. The fraction of sp³-hybridized carbons (Fsp3) is 0.154. The van der Waals surface area contributed by atoms with Crippen molar-refractivity contribution >= 4 is 18.0 Å². The van der Waals surface area contributed by atoms with Gasteiger partial charge >= 0.3 is 5.97 Å². The number of carbonyl (C=O) groups excluding carboxylic acids is 1. The first-order valence-electron chi connectivity index (χ1n) is 5.50. The maximum atomic E-state index is 13.6. The number of ether oxygens (including phenoxy) is 1. The normalized spacial score (nSPS) is 10.0. The summed E-state index contributed by atoms with van der Waals surface area (Å²) in [5.41, 5.74) is 0.353. The largest absolute Gasteiger partial charge is 0.481 e. The van der Waals surface area contributed by atoms with Crippen LogP contribution in [0.3, 0.4) is 0 Å². The number of carbonyl (C=O) groups is 2. The summed E-state index contributed by atoms with van der Waals surface area (Å²) >= 11 is 0. The zero-order valence-corrected chi connectivity index (χ0v) is 10.3. The minimum Gasteiger partial charge on any atom is -0.481 e. The molecule has 0 bridgehead atoms. The van der Waals surface area contributed by atoms with Gasteiger partial charge in [-0.2, -0.15) is 5.26 Å². The van der Waals surface area contributed by atoms with E-state index in [0.717, 1.165) is 12.1 Å². The smallest absolute Gasteiger partial charge is 0.328 e. The number of halogens is 1. The highest BCUT2D eigenvalue weighted by molar-refractivity contribution is 5.85. The maximum absolute atomic E-state index is 13.6. The van der Waals surface area contributed by atoms with Crippen LogP contribution in [-0.4, -0.2) is 30.1 Å². The number of carboxylic acid groups (broad SMARTS) is 1. The molecule has 6 nitrogen and oxygen atoms in total. The van der Waals surface area contributed by atoms with Gasteiger partial charge in [-0.05, 0) is 23.8 Å². The molecule has 0 unspecified atom stereocenters. The second-order valence-electron chi connectivity index (χ2n) is 3.58. The van der Waals surface area contributed by atoms with Gasteiger partial charge < -0.3 is 15.2 Å². The van der Waals surface area contributed by atoms with E-state index in [9.17, 15) is 14.0 Å². The minimum absolute atomic E-state index is 0.135. The van der Waals surface area contributed by atoms with E-state index in [0.29, 0.717) is 5.56 Å². The lowest BCUT2D eigenvalue weighted by molar-refractivity contribution is -0.131. The molecule has 0 aliphatic rings. The first-order valence-corrected chi connectivity index (χ1v) is 5.50. The third-order valence-electron chi connectivity index (χ3n) is 2.10. The van der Waals surface area contributed by atoms with Gasteiger partial charge in [-0.15, -0.1) is 0 Å². The summed E-state index contributed by atoms with van der Waals surface area (Å²) in [7, 11) is 0. The topological polar surface area (TPSA) is 99.4 Å². The number of benzene rings is 1. The van der Waals surface area contributed by atoms with E-state index in [2.05, 4.69) is 5.32 Å². The van der Waals surface area contributed by atoms with Crippen LogP contribution in [0.4, 0.5) is 4.39 Å². The van der Waals surface area contributed by atoms with Crippen LogP contribution in [-0.2, 0) is 9.59 Å². The molecule has 1 rings (SSSR count). The number of carboxylic acids is 1. The summed E-state index contributed by atoms with van der Waals surface area (Å²) in [5.74, 6) is -2.53. The molecule has 0 spiro atoms. The van der Waals surface area contributed by atoms with Gasteiger partial charge in [-0.3, -0.25) is 4.79 Å². The summed E-state index contributed by atoms with van der Waals surface area (Å²) in [4.78, 5) is 21.5. The van der Waals surface area contributed by atoms with Crippen molar-refractivity contribution in [3.05, 3.63) is 35.7 Å². The number of amides is 1. The summed E-state index contributed by atoms with van der Waals surface area (Å²) in [6.07, 6.45) is 2.11. The van der Waals surface area contributed by atoms with Gasteiger partial charge in [0.05, 0.1) is 6.07 Å². The number of rotatable bonds is 6. The molecule has 0 aliphatic carbocycles.